The van der Waals surface area contributed by atoms with Gasteiger partial charge in [0.2, 0.25) is 11.4 Å². The molecule has 3 aromatic rings. The van der Waals surface area contributed by atoms with E-state index in [4.69, 9.17) is 10.5 Å². The predicted molar refractivity (Wildman–Crippen MR) is 123 cm³/mol. The number of anilines is 2. The molecule has 9 nitrogen and oxygen atoms in total. The molecule has 12 heteroatoms. The molecule has 0 unspecified atom stereocenters. The van der Waals surface area contributed by atoms with Crippen LogP contribution in [0.5, 0.6) is 5.88 Å². The standard InChI is InChI=1S/C22H22F2N6O3S/c1-21(19(24)34(31,32)22(7-3-8-22)20(25)30-21)13-10-12(4-5-14(13)23)28-18-17-15(6-9-26-18)29-16(33-2)11-27-17/h4-6,9-11,19H,3,7-8H2,1-2H3,(H2,25,30)(H,26,28)/t19-,21+/m0/s1. The highest BCUT2D eigenvalue weighted by atomic mass is 32.2. The maximum atomic E-state index is 15.6. The summed E-state index contributed by atoms with van der Waals surface area (Å²) < 4.78 is 60.4. The molecule has 1 aliphatic heterocycles. The SMILES string of the molecule is COc1cnc2c(Nc3ccc(F)c([C@@]4(C)N=C(N)C5(CCC5)S(=O)(=O)[C@@H]4F)c3)nccc2n1. The molecule has 1 aliphatic carbocycles. The van der Waals surface area contributed by atoms with Crippen molar-refractivity contribution >= 4 is 38.2 Å². The van der Waals surface area contributed by atoms with Crippen LogP contribution in [0.1, 0.15) is 31.7 Å². The number of pyridine rings is 1. The number of ether oxygens (including phenoxy) is 1. The Morgan fingerprint density at radius 2 is 2.00 bits per heavy atom. The van der Waals surface area contributed by atoms with Gasteiger partial charge in [-0.1, -0.05) is 0 Å². The molecule has 0 saturated heterocycles. The summed E-state index contributed by atoms with van der Waals surface area (Å²) in [5.74, 6) is -0.330. The number of benzene rings is 1. The van der Waals surface area contributed by atoms with Crippen LogP contribution in [0.3, 0.4) is 0 Å². The van der Waals surface area contributed by atoms with Gasteiger partial charge in [-0.25, -0.2) is 32.2 Å². The van der Waals surface area contributed by atoms with Crippen molar-refractivity contribution in [3.8, 4) is 5.88 Å². The summed E-state index contributed by atoms with van der Waals surface area (Å²) in [5, 5.41) is 3.02. The zero-order valence-electron chi connectivity index (χ0n) is 18.4. The number of sulfone groups is 1. The highest BCUT2D eigenvalue weighted by molar-refractivity contribution is 7.94. The minimum atomic E-state index is -4.35. The van der Waals surface area contributed by atoms with Gasteiger partial charge in [-0.3, -0.25) is 4.99 Å². The van der Waals surface area contributed by atoms with E-state index >= 15 is 4.39 Å². The van der Waals surface area contributed by atoms with Crippen LogP contribution >= 0.6 is 0 Å². The lowest BCUT2D eigenvalue weighted by molar-refractivity contribution is 0.253. The van der Waals surface area contributed by atoms with Crippen LogP contribution in [0.25, 0.3) is 11.0 Å². The molecular formula is C22H22F2N6O3S. The third-order valence-corrected chi connectivity index (χ3v) is 9.37. The van der Waals surface area contributed by atoms with Crippen molar-refractivity contribution in [2.75, 3.05) is 12.4 Å². The summed E-state index contributed by atoms with van der Waals surface area (Å²) >= 11 is 0. The number of hydrogen-bond acceptors (Lipinski definition) is 9. The van der Waals surface area contributed by atoms with Gasteiger partial charge in [0.25, 0.3) is 0 Å². The number of aromatic nitrogens is 3. The van der Waals surface area contributed by atoms with Crippen LogP contribution in [0.2, 0.25) is 0 Å². The first-order valence-corrected chi connectivity index (χ1v) is 12.1. The zero-order chi connectivity index (χ0) is 24.3. The second kappa shape index (κ2) is 7.55. The van der Waals surface area contributed by atoms with Crippen LogP contribution in [0, 0.1) is 5.82 Å². The van der Waals surface area contributed by atoms with E-state index in [-0.39, 0.29) is 24.2 Å². The maximum Gasteiger partial charge on any atom is 0.232 e. The van der Waals surface area contributed by atoms with Crippen molar-refractivity contribution in [2.24, 2.45) is 10.7 Å². The molecule has 2 aliphatic rings. The Kier molecular flexibility index (Phi) is 4.97. The number of halogens is 2. The zero-order valence-corrected chi connectivity index (χ0v) is 19.2. The van der Waals surface area contributed by atoms with Crippen LogP contribution in [-0.2, 0) is 15.4 Å². The Balaban J connectivity index is 1.57. The van der Waals surface area contributed by atoms with Gasteiger partial charge < -0.3 is 15.8 Å². The molecule has 0 amide bonds. The minimum absolute atomic E-state index is 0.173. The first kappa shape index (κ1) is 22.4. The second-order valence-electron chi connectivity index (χ2n) is 8.61. The molecule has 1 spiro atoms. The Labute approximate surface area is 194 Å². The Morgan fingerprint density at radius 3 is 2.68 bits per heavy atom. The van der Waals surface area contributed by atoms with Gasteiger partial charge in [-0.2, -0.15) is 0 Å². The minimum Gasteiger partial charge on any atom is -0.480 e. The Morgan fingerprint density at radius 1 is 1.24 bits per heavy atom. The lowest BCUT2D eigenvalue weighted by Gasteiger charge is -2.48. The fourth-order valence-electron chi connectivity index (χ4n) is 4.52. The number of methoxy groups -OCH3 is 1. The van der Waals surface area contributed by atoms with Crippen LogP contribution in [0.15, 0.2) is 41.7 Å². The third-order valence-electron chi connectivity index (χ3n) is 6.66. The molecule has 178 valence electrons. The monoisotopic (exact) mass is 488 g/mol. The average Bonchev–Trinajstić information content (AvgIpc) is 2.77. The Bertz CT molecular complexity index is 1440. The second-order valence-corrected chi connectivity index (χ2v) is 10.9. The number of rotatable bonds is 4. The molecule has 0 radical (unpaired) electrons. The fourth-order valence-corrected chi connectivity index (χ4v) is 6.89. The molecule has 5 rings (SSSR count). The molecule has 3 heterocycles. The van der Waals surface area contributed by atoms with Crippen LogP contribution < -0.4 is 15.8 Å². The molecule has 3 N–H and O–H groups in total. The summed E-state index contributed by atoms with van der Waals surface area (Å²) in [4.78, 5) is 17.1. The average molecular weight is 489 g/mol. The van der Waals surface area contributed by atoms with Gasteiger partial charge in [0.15, 0.2) is 15.7 Å². The van der Waals surface area contributed by atoms with E-state index in [1.807, 2.05) is 0 Å². The number of aliphatic imine (C=N–C) groups is 1. The van der Waals surface area contributed by atoms with E-state index in [0.717, 1.165) is 6.07 Å². The molecule has 2 atom stereocenters. The number of nitrogens with two attached hydrogens (primary N) is 1. The first-order valence-electron chi connectivity index (χ1n) is 10.6. The van der Waals surface area contributed by atoms with Crippen molar-refractivity contribution in [3.05, 3.63) is 48.0 Å². The number of alkyl halides is 1. The van der Waals surface area contributed by atoms with E-state index in [1.54, 1.807) is 6.07 Å². The molecule has 34 heavy (non-hydrogen) atoms. The van der Waals surface area contributed by atoms with Gasteiger partial charge in [0, 0.05) is 17.4 Å². The molecule has 1 saturated carbocycles. The lowest BCUT2D eigenvalue weighted by atomic mass is 9.82. The normalized spacial score (nSPS) is 24.9. The maximum absolute atomic E-state index is 15.6. The highest BCUT2D eigenvalue weighted by Crippen LogP contribution is 2.51. The van der Waals surface area contributed by atoms with E-state index < -0.39 is 31.4 Å². The molecular weight excluding hydrogens is 466 g/mol. The van der Waals surface area contributed by atoms with Crippen molar-refractivity contribution in [3.63, 3.8) is 0 Å². The topological polar surface area (TPSA) is 132 Å². The quantitative estimate of drug-likeness (QED) is 0.572. The van der Waals surface area contributed by atoms with Gasteiger partial charge >= 0.3 is 0 Å². The van der Waals surface area contributed by atoms with E-state index in [2.05, 4.69) is 25.3 Å². The molecule has 0 bridgehead atoms. The lowest BCUT2D eigenvalue weighted by Crippen LogP contribution is -2.64. The summed E-state index contributed by atoms with van der Waals surface area (Å²) in [6.07, 6.45) is 3.98. The van der Waals surface area contributed by atoms with E-state index in [0.29, 0.717) is 34.8 Å². The number of nitrogens with zero attached hydrogens (tertiary/aromatic N) is 4. The predicted octanol–water partition coefficient (Wildman–Crippen LogP) is 3.14. The van der Waals surface area contributed by atoms with Gasteiger partial charge in [-0.05, 0) is 50.5 Å². The van der Waals surface area contributed by atoms with Crippen molar-refractivity contribution in [2.45, 2.75) is 42.0 Å². The Hall–Kier alpha value is -3.41. The highest BCUT2D eigenvalue weighted by Gasteiger charge is 2.64. The van der Waals surface area contributed by atoms with Gasteiger partial charge in [-0.15, -0.1) is 0 Å². The summed E-state index contributed by atoms with van der Waals surface area (Å²) in [6, 6.07) is 5.50. The number of fused-ring (bicyclic) bond motifs is 1. The number of hydrogen-bond donors (Lipinski definition) is 2. The first-order chi connectivity index (χ1) is 16.1. The van der Waals surface area contributed by atoms with E-state index in [1.165, 1.54) is 38.6 Å². The van der Waals surface area contributed by atoms with Gasteiger partial charge in [0.05, 0.1) is 18.8 Å². The summed E-state index contributed by atoms with van der Waals surface area (Å²) in [6.45, 7) is 1.24. The summed E-state index contributed by atoms with van der Waals surface area (Å²) in [7, 11) is -2.87. The summed E-state index contributed by atoms with van der Waals surface area (Å²) in [5.41, 5.74) is 2.58. The van der Waals surface area contributed by atoms with Crippen LogP contribution in [-0.4, -0.2) is 46.6 Å². The van der Waals surface area contributed by atoms with Crippen molar-refractivity contribution in [1.29, 1.82) is 0 Å². The van der Waals surface area contributed by atoms with Crippen molar-refractivity contribution < 1.29 is 21.9 Å². The van der Waals surface area contributed by atoms with Crippen molar-refractivity contribution in [1.82, 2.24) is 15.0 Å². The van der Waals surface area contributed by atoms with Crippen LogP contribution in [0.4, 0.5) is 20.3 Å². The number of amidine groups is 1. The molecule has 2 aromatic heterocycles. The number of nitrogens with one attached hydrogen (secondary N) is 1. The molecule has 1 fully saturated rings. The largest absolute Gasteiger partial charge is 0.480 e. The molecule has 1 aromatic carbocycles. The fraction of sp³-hybridized carbons (Fsp3) is 0.364. The third kappa shape index (κ3) is 3.04. The van der Waals surface area contributed by atoms with E-state index in [9.17, 15) is 12.8 Å². The van der Waals surface area contributed by atoms with Gasteiger partial charge in [0.1, 0.15) is 27.5 Å². The smallest absolute Gasteiger partial charge is 0.232 e.